The molecule has 2 aromatic rings. The SMILES string of the molecule is NS(=O)(=O)c1ccc(CCNC(=O)[C@H]2CCCN2S(=O)(=O)c2ccccc2F)cc1. The summed E-state index contributed by atoms with van der Waals surface area (Å²) in [6.07, 6.45) is 1.27. The molecular formula is C19H22FN3O5S2. The summed E-state index contributed by atoms with van der Waals surface area (Å²) in [4.78, 5) is 12.1. The molecule has 11 heteroatoms. The molecule has 0 aromatic heterocycles. The molecule has 0 saturated carbocycles. The zero-order valence-electron chi connectivity index (χ0n) is 16.0. The molecule has 1 saturated heterocycles. The Balaban J connectivity index is 1.63. The number of primary sulfonamides is 1. The zero-order chi connectivity index (χ0) is 21.9. The molecule has 1 heterocycles. The van der Waals surface area contributed by atoms with Crippen LogP contribution in [-0.2, 0) is 31.3 Å². The second kappa shape index (κ2) is 8.80. The van der Waals surface area contributed by atoms with Crippen molar-refractivity contribution in [3.8, 4) is 0 Å². The van der Waals surface area contributed by atoms with Crippen molar-refractivity contribution >= 4 is 26.0 Å². The van der Waals surface area contributed by atoms with Crippen LogP contribution >= 0.6 is 0 Å². The number of rotatable bonds is 7. The van der Waals surface area contributed by atoms with Crippen LogP contribution in [0.3, 0.4) is 0 Å². The Morgan fingerprint density at radius 1 is 1.10 bits per heavy atom. The van der Waals surface area contributed by atoms with Crippen molar-refractivity contribution in [1.82, 2.24) is 9.62 Å². The fraction of sp³-hybridized carbons (Fsp3) is 0.316. The Hall–Kier alpha value is -2.34. The zero-order valence-corrected chi connectivity index (χ0v) is 17.6. The first-order valence-electron chi connectivity index (χ1n) is 9.26. The lowest BCUT2D eigenvalue weighted by Gasteiger charge is -2.23. The molecule has 30 heavy (non-hydrogen) atoms. The summed E-state index contributed by atoms with van der Waals surface area (Å²) in [5.41, 5.74) is 0.782. The predicted molar refractivity (Wildman–Crippen MR) is 108 cm³/mol. The first-order valence-corrected chi connectivity index (χ1v) is 12.2. The van der Waals surface area contributed by atoms with Crippen LogP contribution < -0.4 is 10.5 Å². The molecule has 0 spiro atoms. The van der Waals surface area contributed by atoms with Crippen molar-refractivity contribution in [2.24, 2.45) is 5.14 Å². The standard InChI is InChI=1S/C19H22FN3O5S2/c20-16-4-1-2-6-18(16)30(27,28)23-13-3-5-17(23)19(24)22-12-11-14-7-9-15(10-8-14)29(21,25)26/h1-2,4,6-10,17H,3,5,11-13H2,(H,22,24)(H2,21,25,26)/t17-/m1/s1. The van der Waals surface area contributed by atoms with E-state index in [9.17, 15) is 26.0 Å². The number of amides is 1. The Bertz CT molecular complexity index is 1140. The molecule has 1 fully saturated rings. The lowest BCUT2D eigenvalue weighted by atomic mass is 10.1. The van der Waals surface area contributed by atoms with E-state index >= 15 is 0 Å². The molecule has 8 nitrogen and oxygen atoms in total. The number of hydrogen-bond donors (Lipinski definition) is 2. The minimum Gasteiger partial charge on any atom is -0.354 e. The largest absolute Gasteiger partial charge is 0.354 e. The van der Waals surface area contributed by atoms with Crippen molar-refractivity contribution < 1.29 is 26.0 Å². The van der Waals surface area contributed by atoms with Crippen molar-refractivity contribution in [1.29, 1.82) is 0 Å². The van der Waals surface area contributed by atoms with Crippen molar-refractivity contribution in [2.75, 3.05) is 13.1 Å². The van der Waals surface area contributed by atoms with Gasteiger partial charge >= 0.3 is 0 Å². The smallest absolute Gasteiger partial charge is 0.246 e. The summed E-state index contributed by atoms with van der Waals surface area (Å²) in [7, 11) is -7.90. The first-order chi connectivity index (χ1) is 14.1. The molecule has 3 rings (SSSR count). The minimum absolute atomic E-state index is 0.00441. The van der Waals surface area contributed by atoms with E-state index in [-0.39, 0.29) is 18.0 Å². The van der Waals surface area contributed by atoms with Gasteiger partial charge in [-0.15, -0.1) is 0 Å². The molecule has 1 aliphatic rings. The number of hydrogen-bond acceptors (Lipinski definition) is 5. The normalized spacial score (nSPS) is 17.7. The number of nitrogens with one attached hydrogen (secondary N) is 1. The Morgan fingerprint density at radius 2 is 1.77 bits per heavy atom. The van der Waals surface area contributed by atoms with E-state index in [0.29, 0.717) is 19.3 Å². The fourth-order valence-corrected chi connectivity index (χ4v) is 5.60. The van der Waals surface area contributed by atoms with Crippen molar-refractivity contribution in [3.05, 3.63) is 59.9 Å². The monoisotopic (exact) mass is 455 g/mol. The number of nitrogens with two attached hydrogens (primary N) is 1. The summed E-state index contributed by atoms with van der Waals surface area (Å²) in [6, 6.07) is 10.1. The van der Waals surface area contributed by atoms with Gasteiger partial charge in [0.15, 0.2) is 0 Å². The molecular weight excluding hydrogens is 433 g/mol. The molecule has 0 aliphatic carbocycles. The van der Waals surface area contributed by atoms with Crippen molar-refractivity contribution in [2.45, 2.75) is 35.1 Å². The van der Waals surface area contributed by atoms with Crippen LogP contribution in [-0.4, -0.2) is 46.2 Å². The topological polar surface area (TPSA) is 127 Å². The van der Waals surface area contributed by atoms with Gasteiger partial charge in [-0.05, 0) is 49.1 Å². The van der Waals surface area contributed by atoms with E-state index in [1.165, 1.54) is 30.3 Å². The second-order valence-electron chi connectivity index (χ2n) is 6.93. The second-order valence-corrected chi connectivity index (χ2v) is 10.4. The maximum Gasteiger partial charge on any atom is 0.246 e. The molecule has 3 N–H and O–H groups in total. The van der Waals surface area contributed by atoms with Crippen LogP contribution in [0.2, 0.25) is 0 Å². The van der Waals surface area contributed by atoms with Gasteiger partial charge in [-0.3, -0.25) is 4.79 Å². The summed E-state index contributed by atoms with van der Waals surface area (Å²) >= 11 is 0. The van der Waals surface area contributed by atoms with Crippen LogP contribution in [0, 0.1) is 5.82 Å². The number of sulfonamides is 2. The van der Waals surface area contributed by atoms with Crippen LogP contribution in [0.1, 0.15) is 18.4 Å². The van der Waals surface area contributed by atoms with E-state index in [0.717, 1.165) is 15.9 Å². The maximum atomic E-state index is 14.0. The number of nitrogens with zero attached hydrogens (tertiary/aromatic N) is 1. The average Bonchev–Trinajstić information content (AvgIpc) is 3.19. The van der Waals surface area contributed by atoms with E-state index in [1.807, 2.05) is 0 Å². The molecule has 0 radical (unpaired) electrons. The maximum absolute atomic E-state index is 14.0. The third-order valence-electron chi connectivity index (χ3n) is 4.89. The summed E-state index contributed by atoms with van der Waals surface area (Å²) in [5.74, 6) is -1.31. The van der Waals surface area contributed by atoms with Crippen molar-refractivity contribution in [3.63, 3.8) is 0 Å². The Labute approximate surface area is 175 Å². The van der Waals surface area contributed by atoms with Gasteiger partial charge in [0.2, 0.25) is 26.0 Å². The van der Waals surface area contributed by atoms with Gasteiger partial charge in [0, 0.05) is 13.1 Å². The third-order valence-corrected chi connectivity index (χ3v) is 7.77. The Kier molecular flexibility index (Phi) is 6.56. The molecule has 1 aliphatic heterocycles. The lowest BCUT2D eigenvalue weighted by Crippen LogP contribution is -2.46. The summed E-state index contributed by atoms with van der Waals surface area (Å²) in [6.45, 7) is 0.376. The summed E-state index contributed by atoms with van der Waals surface area (Å²) in [5, 5.41) is 7.76. The van der Waals surface area contributed by atoms with Crippen LogP contribution in [0.5, 0.6) is 0 Å². The molecule has 1 atom stereocenters. The van der Waals surface area contributed by atoms with Gasteiger partial charge in [-0.1, -0.05) is 24.3 Å². The van der Waals surface area contributed by atoms with E-state index in [2.05, 4.69) is 5.32 Å². The predicted octanol–water partition coefficient (Wildman–Crippen LogP) is 0.985. The molecule has 0 unspecified atom stereocenters. The molecule has 2 aromatic carbocycles. The quantitative estimate of drug-likeness (QED) is 0.644. The van der Waals surface area contributed by atoms with E-state index < -0.39 is 42.7 Å². The summed E-state index contributed by atoms with van der Waals surface area (Å²) < 4.78 is 63.2. The molecule has 1 amide bonds. The highest BCUT2D eigenvalue weighted by Crippen LogP contribution is 2.27. The fourth-order valence-electron chi connectivity index (χ4n) is 3.36. The van der Waals surface area contributed by atoms with Gasteiger partial charge < -0.3 is 5.32 Å². The first kappa shape index (κ1) is 22.3. The lowest BCUT2D eigenvalue weighted by molar-refractivity contribution is -0.124. The van der Waals surface area contributed by atoms with E-state index in [4.69, 9.17) is 5.14 Å². The van der Waals surface area contributed by atoms with Gasteiger partial charge in [0.05, 0.1) is 4.90 Å². The van der Waals surface area contributed by atoms with Gasteiger partial charge in [-0.2, -0.15) is 4.31 Å². The van der Waals surface area contributed by atoms with Crippen LogP contribution in [0.15, 0.2) is 58.3 Å². The number of benzene rings is 2. The van der Waals surface area contributed by atoms with Gasteiger partial charge in [-0.25, -0.2) is 26.4 Å². The van der Waals surface area contributed by atoms with Crippen LogP contribution in [0.25, 0.3) is 0 Å². The van der Waals surface area contributed by atoms with Crippen LogP contribution in [0.4, 0.5) is 4.39 Å². The number of halogens is 1. The molecule has 162 valence electrons. The number of carbonyl (C=O) groups is 1. The number of carbonyl (C=O) groups excluding carboxylic acids is 1. The highest BCUT2D eigenvalue weighted by atomic mass is 32.2. The van der Waals surface area contributed by atoms with Gasteiger partial charge in [0.1, 0.15) is 16.8 Å². The average molecular weight is 456 g/mol. The Morgan fingerprint density at radius 3 is 2.40 bits per heavy atom. The highest BCUT2D eigenvalue weighted by molar-refractivity contribution is 7.89. The minimum atomic E-state index is -4.13. The van der Waals surface area contributed by atoms with E-state index in [1.54, 1.807) is 12.1 Å². The third kappa shape index (κ3) is 4.86. The highest BCUT2D eigenvalue weighted by Gasteiger charge is 2.40. The molecule has 0 bridgehead atoms. The van der Waals surface area contributed by atoms with Gasteiger partial charge in [0.25, 0.3) is 0 Å².